The van der Waals surface area contributed by atoms with Crippen molar-refractivity contribution in [2.75, 3.05) is 13.1 Å². The van der Waals surface area contributed by atoms with Crippen molar-refractivity contribution in [2.45, 2.75) is 71.4 Å². The number of likely N-dealkylation sites (tertiary alicyclic amines) is 1. The Hall–Kier alpha value is -3.23. The number of nitrogens with one attached hydrogen (secondary N) is 1. The Kier molecular flexibility index (Phi) is 7.23. The molecule has 4 heterocycles. The molecule has 1 atom stereocenters. The van der Waals surface area contributed by atoms with Crippen LogP contribution in [0, 0.1) is 11.8 Å². The molecule has 4 amide bonds. The van der Waals surface area contributed by atoms with Crippen LogP contribution in [0.2, 0.25) is 0 Å². The third-order valence-electron chi connectivity index (χ3n) is 7.16. The Morgan fingerprint density at radius 1 is 1.20 bits per heavy atom. The van der Waals surface area contributed by atoms with Gasteiger partial charge in [0.05, 0.1) is 12.2 Å². The summed E-state index contributed by atoms with van der Waals surface area (Å²) >= 11 is 0. The number of nitrogens with zero attached hydrogens (tertiary/aromatic N) is 4. The molecule has 2 aromatic heterocycles. The minimum Gasteiger partial charge on any atom is -0.360 e. The number of hydrogen-bond donors (Lipinski definition) is 1. The average Bonchev–Trinajstić information content (AvgIpc) is 3.43. The van der Waals surface area contributed by atoms with Crippen LogP contribution in [-0.4, -0.2) is 56.4 Å². The van der Waals surface area contributed by atoms with Crippen LogP contribution in [0.5, 0.6) is 0 Å². The minimum atomic E-state index is -0.954. The highest BCUT2D eigenvalue weighted by Crippen LogP contribution is 2.38. The van der Waals surface area contributed by atoms with Crippen LogP contribution in [0.15, 0.2) is 35.0 Å². The van der Waals surface area contributed by atoms with Gasteiger partial charge in [0.2, 0.25) is 0 Å². The Balaban J connectivity index is 1.49. The molecule has 1 N–H and O–H groups in total. The number of urea groups is 1. The molecule has 0 saturated carbocycles. The lowest BCUT2D eigenvalue weighted by atomic mass is 9.73. The van der Waals surface area contributed by atoms with Crippen LogP contribution in [0.4, 0.5) is 4.79 Å². The first kappa shape index (κ1) is 24.9. The van der Waals surface area contributed by atoms with Gasteiger partial charge in [-0.05, 0) is 49.7 Å². The van der Waals surface area contributed by atoms with Crippen LogP contribution in [0.1, 0.15) is 81.2 Å². The number of hydrogen-bond acceptors (Lipinski definition) is 6. The van der Waals surface area contributed by atoms with E-state index in [4.69, 9.17) is 4.52 Å². The second-order valence-corrected chi connectivity index (χ2v) is 10.4. The molecule has 0 radical (unpaired) electrons. The van der Waals surface area contributed by atoms with Gasteiger partial charge in [-0.15, -0.1) is 0 Å². The predicted molar refractivity (Wildman–Crippen MR) is 129 cm³/mol. The van der Waals surface area contributed by atoms with Crippen molar-refractivity contribution in [2.24, 2.45) is 11.8 Å². The highest BCUT2D eigenvalue weighted by atomic mass is 16.5. The zero-order valence-corrected chi connectivity index (χ0v) is 21.0. The topological polar surface area (TPSA) is 109 Å². The smallest absolute Gasteiger partial charge is 0.325 e. The maximum absolute atomic E-state index is 13.8. The molecule has 9 heteroatoms. The molecule has 0 unspecified atom stereocenters. The van der Waals surface area contributed by atoms with Crippen molar-refractivity contribution >= 4 is 17.8 Å². The van der Waals surface area contributed by atoms with Crippen LogP contribution in [-0.2, 0) is 11.3 Å². The van der Waals surface area contributed by atoms with E-state index < -0.39 is 5.54 Å². The largest absolute Gasteiger partial charge is 0.360 e. The van der Waals surface area contributed by atoms with E-state index >= 15 is 0 Å². The number of carbonyl (C=O) groups is 3. The Morgan fingerprint density at radius 3 is 2.54 bits per heavy atom. The van der Waals surface area contributed by atoms with Crippen LogP contribution < -0.4 is 5.32 Å². The molecule has 2 aliphatic rings. The zero-order valence-electron chi connectivity index (χ0n) is 21.0. The van der Waals surface area contributed by atoms with Gasteiger partial charge in [-0.3, -0.25) is 19.5 Å². The summed E-state index contributed by atoms with van der Waals surface area (Å²) in [6.07, 6.45) is 4.31. The lowest BCUT2D eigenvalue weighted by Crippen LogP contribution is -2.56. The second-order valence-electron chi connectivity index (χ2n) is 10.4. The Labute approximate surface area is 206 Å². The van der Waals surface area contributed by atoms with E-state index in [0.717, 1.165) is 6.42 Å². The molecule has 9 nitrogen and oxygen atoms in total. The predicted octanol–water partition coefficient (Wildman–Crippen LogP) is 3.97. The summed E-state index contributed by atoms with van der Waals surface area (Å²) in [5.41, 5.74) is 0.0298. The molecule has 2 fully saturated rings. The van der Waals surface area contributed by atoms with Gasteiger partial charge in [0.1, 0.15) is 11.3 Å². The third-order valence-corrected chi connectivity index (χ3v) is 7.16. The summed E-state index contributed by atoms with van der Waals surface area (Å²) in [4.78, 5) is 47.1. The van der Waals surface area contributed by atoms with E-state index in [9.17, 15) is 14.4 Å². The molecule has 188 valence electrons. The lowest BCUT2D eigenvalue weighted by molar-refractivity contribution is -0.134. The average molecular weight is 482 g/mol. The van der Waals surface area contributed by atoms with E-state index in [1.807, 2.05) is 26.0 Å². The molecule has 2 aromatic rings. The van der Waals surface area contributed by atoms with E-state index in [2.05, 4.69) is 29.3 Å². The summed E-state index contributed by atoms with van der Waals surface area (Å²) in [7, 11) is 0. The molecular formula is C26H35N5O4. The van der Waals surface area contributed by atoms with E-state index in [-0.39, 0.29) is 36.2 Å². The lowest BCUT2D eigenvalue weighted by Gasteiger charge is -2.41. The highest BCUT2D eigenvalue weighted by Gasteiger charge is 2.55. The number of imide groups is 1. The van der Waals surface area contributed by atoms with Crippen LogP contribution in [0.25, 0.3) is 0 Å². The number of piperidine rings is 1. The van der Waals surface area contributed by atoms with Gasteiger partial charge in [-0.1, -0.05) is 38.9 Å². The fourth-order valence-corrected chi connectivity index (χ4v) is 5.01. The molecule has 2 aliphatic heterocycles. The summed E-state index contributed by atoms with van der Waals surface area (Å²) in [5, 5.41) is 7.04. The fraction of sp³-hybridized carbons (Fsp3) is 0.577. The molecule has 2 saturated heterocycles. The molecule has 0 aromatic carbocycles. The van der Waals surface area contributed by atoms with E-state index in [1.165, 1.54) is 4.90 Å². The Bertz CT molecular complexity index is 1060. The van der Waals surface area contributed by atoms with Crippen LogP contribution >= 0.6 is 0 Å². The highest BCUT2D eigenvalue weighted by molar-refractivity contribution is 6.07. The summed E-state index contributed by atoms with van der Waals surface area (Å²) < 4.78 is 5.30. The number of rotatable bonds is 8. The standard InChI is InChI=1S/C26H35N5O4/c1-17(2)8-11-26(24(33)31(25(34)28-26)16-20-7-5-6-12-27-20)19-9-13-30(14-10-19)23(32)21-15-22(18(3)4)35-29-21/h5-7,12,15,17-19H,8-11,13-14,16H2,1-4H3,(H,28,34)/t26-/m0/s1. The van der Waals surface area contributed by atoms with Crippen molar-refractivity contribution in [1.29, 1.82) is 0 Å². The van der Waals surface area contributed by atoms with Gasteiger partial charge in [-0.25, -0.2) is 4.79 Å². The SMILES string of the molecule is CC(C)CC[C@@]1(C2CCN(C(=O)c3cc(C(C)C)on3)CC2)NC(=O)N(Cc2ccccn2)C1=O. The van der Waals surface area contributed by atoms with Gasteiger partial charge in [-0.2, -0.15) is 0 Å². The first-order chi connectivity index (χ1) is 16.7. The molecule has 0 bridgehead atoms. The first-order valence-corrected chi connectivity index (χ1v) is 12.5. The summed E-state index contributed by atoms with van der Waals surface area (Å²) in [6, 6.07) is 6.80. The van der Waals surface area contributed by atoms with Gasteiger partial charge >= 0.3 is 6.03 Å². The van der Waals surface area contributed by atoms with Crippen molar-refractivity contribution in [3.8, 4) is 0 Å². The summed E-state index contributed by atoms with van der Waals surface area (Å²) in [6.45, 7) is 9.36. The molecule has 0 spiro atoms. The normalized spacial score (nSPS) is 21.3. The summed E-state index contributed by atoms with van der Waals surface area (Å²) in [5.74, 6) is 0.833. The second kappa shape index (κ2) is 10.2. The van der Waals surface area contributed by atoms with Gasteiger partial charge in [0, 0.05) is 31.3 Å². The molecule has 0 aliphatic carbocycles. The van der Waals surface area contributed by atoms with Crippen molar-refractivity contribution in [1.82, 2.24) is 25.3 Å². The zero-order chi connectivity index (χ0) is 25.2. The number of pyridine rings is 1. The molecular weight excluding hydrogens is 446 g/mol. The minimum absolute atomic E-state index is 0.0565. The van der Waals surface area contributed by atoms with Crippen molar-refractivity contribution in [3.63, 3.8) is 0 Å². The fourth-order valence-electron chi connectivity index (χ4n) is 5.01. The van der Waals surface area contributed by atoms with Gasteiger partial charge in [0.25, 0.3) is 11.8 Å². The number of aromatic nitrogens is 2. The van der Waals surface area contributed by atoms with Crippen molar-refractivity contribution < 1.29 is 18.9 Å². The number of carbonyl (C=O) groups excluding carboxylic acids is 3. The van der Waals surface area contributed by atoms with E-state index in [1.54, 1.807) is 23.2 Å². The number of amides is 4. The van der Waals surface area contributed by atoms with Crippen molar-refractivity contribution in [3.05, 3.63) is 47.6 Å². The quantitative estimate of drug-likeness (QED) is 0.572. The third kappa shape index (κ3) is 5.09. The Morgan fingerprint density at radius 2 is 1.94 bits per heavy atom. The first-order valence-electron chi connectivity index (χ1n) is 12.5. The maximum atomic E-state index is 13.8. The maximum Gasteiger partial charge on any atom is 0.325 e. The molecule has 35 heavy (non-hydrogen) atoms. The van der Waals surface area contributed by atoms with Gasteiger partial charge in [0.15, 0.2) is 5.69 Å². The van der Waals surface area contributed by atoms with Crippen LogP contribution in [0.3, 0.4) is 0 Å². The van der Waals surface area contributed by atoms with Gasteiger partial charge < -0.3 is 14.7 Å². The van der Waals surface area contributed by atoms with E-state index in [0.29, 0.717) is 55.4 Å². The monoisotopic (exact) mass is 481 g/mol. The molecule has 4 rings (SSSR count).